The molecule has 3 atom stereocenters. The van der Waals surface area contributed by atoms with Crippen LogP contribution in [-0.4, -0.2) is 5.54 Å². The number of hydrogen-bond acceptors (Lipinski definition) is 1. The monoisotopic (exact) mass is 619 g/mol. The van der Waals surface area contributed by atoms with Crippen molar-refractivity contribution in [2.24, 2.45) is 5.92 Å². The molecule has 0 saturated heterocycles. The van der Waals surface area contributed by atoms with Crippen LogP contribution in [0.15, 0.2) is 140 Å². The zero-order chi connectivity index (χ0) is 32.3. The molecule has 234 valence electrons. The summed E-state index contributed by atoms with van der Waals surface area (Å²) < 4.78 is 0. The van der Waals surface area contributed by atoms with Gasteiger partial charge in [-0.2, -0.15) is 0 Å². The molecule has 1 nitrogen and oxygen atoms in total. The molecule has 0 N–H and O–H groups in total. The Kier molecular flexibility index (Phi) is 5.77. The molecule has 0 radical (unpaired) electrons. The molecule has 1 fully saturated rings. The Morgan fingerprint density at radius 1 is 0.562 bits per heavy atom. The summed E-state index contributed by atoms with van der Waals surface area (Å²) in [6.45, 7) is 7.49. The van der Waals surface area contributed by atoms with Gasteiger partial charge in [0, 0.05) is 16.8 Å². The Balaban J connectivity index is 1.17. The van der Waals surface area contributed by atoms with Crippen LogP contribution in [-0.2, 0) is 10.8 Å². The van der Waals surface area contributed by atoms with Crippen LogP contribution in [0.25, 0.3) is 33.4 Å². The highest BCUT2D eigenvalue weighted by atomic mass is 15.3. The van der Waals surface area contributed by atoms with E-state index in [0.717, 1.165) is 5.92 Å². The summed E-state index contributed by atoms with van der Waals surface area (Å²) in [4.78, 5) is 2.69. The summed E-state index contributed by atoms with van der Waals surface area (Å²) in [5.74, 6) is 0.764. The van der Waals surface area contributed by atoms with Gasteiger partial charge >= 0.3 is 0 Å². The predicted molar refractivity (Wildman–Crippen MR) is 200 cm³/mol. The van der Waals surface area contributed by atoms with Crippen molar-refractivity contribution in [3.63, 3.8) is 0 Å². The van der Waals surface area contributed by atoms with E-state index >= 15 is 0 Å². The zero-order valence-corrected chi connectivity index (χ0v) is 28.1. The molecule has 0 amide bonds. The molecule has 1 heterocycles. The maximum Gasteiger partial charge on any atom is 0.0725 e. The van der Waals surface area contributed by atoms with Crippen LogP contribution >= 0.6 is 0 Å². The van der Waals surface area contributed by atoms with E-state index in [0.29, 0.717) is 0 Å². The molecule has 4 aliphatic rings. The maximum absolute atomic E-state index is 2.69. The molecule has 1 saturated carbocycles. The van der Waals surface area contributed by atoms with Gasteiger partial charge in [0.15, 0.2) is 0 Å². The summed E-state index contributed by atoms with van der Waals surface area (Å²) >= 11 is 0. The van der Waals surface area contributed by atoms with Gasteiger partial charge < -0.3 is 4.90 Å². The number of fused-ring (bicyclic) bond motifs is 13. The zero-order valence-electron chi connectivity index (χ0n) is 28.1. The van der Waals surface area contributed by atoms with Gasteiger partial charge in [-0.05, 0) is 124 Å². The van der Waals surface area contributed by atoms with Crippen LogP contribution in [0.2, 0.25) is 0 Å². The molecular weight excluding hydrogens is 579 g/mol. The van der Waals surface area contributed by atoms with Gasteiger partial charge in [0.05, 0.1) is 11.0 Å². The van der Waals surface area contributed by atoms with Crippen molar-refractivity contribution in [2.75, 3.05) is 4.90 Å². The SMILES string of the molecule is CCC1CCC2(C)N(c3ccccc3)c3ccc(-c4ccc5c(c4)-c4ccccc4C54c5ccccc5-c5ccccc54)cc3C2(C)C1. The first kappa shape index (κ1) is 28.2. The second kappa shape index (κ2) is 9.83. The average molecular weight is 620 g/mol. The van der Waals surface area contributed by atoms with Gasteiger partial charge in [-0.25, -0.2) is 0 Å². The van der Waals surface area contributed by atoms with Crippen LogP contribution in [0.4, 0.5) is 11.4 Å². The average Bonchev–Trinajstić information content (AvgIpc) is 3.68. The van der Waals surface area contributed by atoms with Crippen molar-refractivity contribution in [1.29, 1.82) is 0 Å². The first-order chi connectivity index (χ1) is 23.5. The Bertz CT molecular complexity index is 2220. The molecule has 6 aromatic carbocycles. The summed E-state index contributed by atoms with van der Waals surface area (Å²) in [6.07, 6.45) is 5.00. The van der Waals surface area contributed by atoms with Crippen molar-refractivity contribution in [3.8, 4) is 33.4 Å². The smallest absolute Gasteiger partial charge is 0.0725 e. The highest BCUT2D eigenvalue weighted by Crippen LogP contribution is 2.64. The third-order valence-corrected chi connectivity index (χ3v) is 13.2. The van der Waals surface area contributed by atoms with Crippen LogP contribution in [0, 0.1) is 5.92 Å². The third kappa shape index (κ3) is 3.37. The van der Waals surface area contributed by atoms with E-state index in [9.17, 15) is 0 Å². The number of rotatable bonds is 3. The van der Waals surface area contributed by atoms with Crippen molar-refractivity contribution in [1.82, 2.24) is 0 Å². The first-order valence-electron chi connectivity index (χ1n) is 17.9. The molecule has 6 aromatic rings. The van der Waals surface area contributed by atoms with Gasteiger partial charge in [0.25, 0.3) is 0 Å². The maximum atomic E-state index is 2.69. The van der Waals surface area contributed by atoms with Crippen molar-refractivity contribution < 1.29 is 0 Å². The first-order valence-corrected chi connectivity index (χ1v) is 17.9. The van der Waals surface area contributed by atoms with E-state index in [1.165, 1.54) is 98.3 Å². The second-order valence-corrected chi connectivity index (χ2v) is 15.2. The number of hydrogen-bond donors (Lipinski definition) is 0. The largest absolute Gasteiger partial charge is 0.334 e. The minimum Gasteiger partial charge on any atom is -0.334 e. The quantitative estimate of drug-likeness (QED) is 0.190. The number of anilines is 2. The lowest BCUT2D eigenvalue weighted by molar-refractivity contribution is 0.143. The molecule has 10 rings (SSSR count). The molecule has 1 spiro atoms. The van der Waals surface area contributed by atoms with Crippen molar-refractivity contribution >= 4 is 11.4 Å². The van der Waals surface area contributed by atoms with E-state index in [1.54, 1.807) is 0 Å². The Labute approximate surface area is 284 Å². The van der Waals surface area contributed by atoms with Gasteiger partial charge in [0.2, 0.25) is 0 Å². The van der Waals surface area contributed by atoms with Crippen molar-refractivity contribution in [2.45, 2.75) is 62.8 Å². The molecule has 3 aliphatic carbocycles. The normalized spacial score (nSPS) is 23.6. The summed E-state index contributed by atoms with van der Waals surface area (Å²) in [5.41, 5.74) is 17.7. The van der Waals surface area contributed by atoms with E-state index in [4.69, 9.17) is 0 Å². The minimum atomic E-state index is -0.293. The Morgan fingerprint density at radius 2 is 1.10 bits per heavy atom. The highest BCUT2D eigenvalue weighted by molar-refractivity contribution is 5.96. The summed E-state index contributed by atoms with van der Waals surface area (Å²) in [7, 11) is 0. The topological polar surface area (TPSA) is 3.24 Å². The van der Waals surface area contributed by atoms with Crippen LogP contribution in [0.5, 0.6) is 0 Å². The Morgan fingerprint density at radius 3 is 1.75 bits per heavy atom. The van der Waals surface area contributed by atoms with E-state index in [2.05, 4.69) is 165 Å². The Hall–Kier alpha value is -4.88. The summed E-state index contributed by atoms with van der Waals surface area (Å²) in [5, 5.41) is 0. The molecule has 1 heteroatoms. The highest BCUT2D eigenvalue weighted by Gasteiger charge is 2.59. The van der Waals surface area contributed by atoms with Gasteiger partial charge in [-0.1, -0.05) is 129 Å². The number of benzene rings is 6. The molecule has 48 heavy (non-hydrogen) atoms. The molecular formula is C47H41N. The lowest BCUT2D eigenvalue weighted by Gasteiger charge is -2.52. The number of para-hydroxylation sites is 1. The van der Waals surface area contributed by atoms with Gasteiger partial charge in [-0.15, -0.1) is 0 Å². The molecule has 0 aromatic heterocycles. The van der Waals surface area contributed by atoms with Crippen molar-refractivity contribution in [3.05, 3.63) is 167 Å². The van der Waals surface area contributed by atoms with Crippen LogP contribution in [0.1, 0.15) is 74.3 Å². The summed E-state index contributed by atoms with van der Waals surface area (Å²) in [6, 6.07) is 53.1. The van der Waals surface area contributed by atoms with E-state index < -0.39 is 0 Å². The predicted octanol–water partition coefficient (Wildman–Crippen LogP) is 12.1. The van der Waals surface area contributed by atoms with Crippen LogP contribution < -0.4 is 4.90 Å². The second-order valence-electron chi connectivity index (χ2n) is 15.2. The fourth-order valence-electron chi connectivity index (χ4n) is 10.7. The minimum absolute atomic E-state index is 0.0352. The van der Waals surface area contributed by atoms with Gasteiger partial charge in [-0.3, -0.25) is 0 Å². The van der Waals surface area contributed by atoms with Crippen LogP contribution in [0.3, 0.4) is 0 Å². The van der Waals surface area contributed by atoms with E-state index in [1.807, 2.05) is 0 Å². The van der Waals surface area contributed by atoms with Gasteiger partial charge in [0.1, 0.15) is 0 Å². The fraction of sp³-hybridized carbons (Fsp3) is 0.234. The van der Waals surface area contributed by atoms with E-state index in [-0.39, 0.29) is 16.4 Å². The molecule has 1 aliphatic heterocycles. The lowest BCUT2D eigenvalue weighted by Crippen LogP contribution is -2.56. The number of nitrogens with zero attached hydrogens (tertiary/aromatic N) is 1. The molecule has 3 unspecified atom stereocenters. The lowest BCUT2D eigenvalue weighted by atomic mass is 9.58. The standard InChI is InChI=1S/C47H41N/c1-4-31-26-27-46(3)45(2,30-31)43-29-33(23-25-44(43)48(46)34-14-6-5-7-15-34)32-22-24-42-38(28-32)37-18-10-13-21-41(37)47(42)39-19-11-8-16-35(39)36-17-9-12-20-40(36)47/h5-25,28-29,31H,4,26-27,30H2,1-3H3. The fourth-order valence-corrected chi connectivity index (χ4v) is 10.7. The molecule has 0 bridgehead atoms. The third-order valence-electron chi connectivity index (χ3n) is 13.2.